The summed E-state index contributed by atoms with van der Waals surface area (Å²) in [6, 6.07) is 11.4. The molecule has 1 aromatic heterocycles. The van der Waals surface area contributed by atoms with Gasteiger partial charge in [-0.05, 0) is 62.2 Å². The van der Waals surface area contributed by atoms with Gasteiger partial charge in [-0.15, -0.1) is 0 Å². The van der Waals surface area contributed by atoms with Crippen LogP contribution in [0, 0.1) is 13.8 Å². The van der Waals surface area contributed by atoms with Crippen LogP contribution in [0.4, 0.5) is 0 Å². The van der Waals surface area contributed by atoms with Gasteiger partial charge in [-0.1, -0.05) is 17.4 Å². The Balaban J connectivity index is 2.05. The molecule has 3 aromatic rings. The molecule has 0 atom stereocenters. The molecule has 0 spiro atoms. The van der Waals surface area contributed by atoms with E-state index in [4.69, 9.17) is 9.47 Å². The number of aryl methyl sites for hydroxylation is 2. The maximum Gasteiger partial charge on any atom is 0.279 e. The summed E-state index contributed by atoms with van der Waals surface area (Å²) in [6.07, 6.45) is 0. The Morgan fingerprint density at radius 1 is 1.19 bits per heavy atom. The third kappa shape index (κ3) is 4.28. The van der Waals surface area contributed by atoms with E-state index >= 15 is 0 Å². The molecule has 0 aliphatic rings. The Morgan fingerprint density at radius 2 is 1.93 bits per heavy atom. The molecule has 0 aliphatic heterocycles. The SMILES string of the molecule is CCOc1ccc(C(=O)N=c2sc3c(C)cc(C)cc3n2CCOC)cc1. The second-order valence-corrected chi connectivity index (χ2v) is 7.31. The first-order chi connectivity index (χ1) is 13.0. The van der Waals surface area contributed by atoms with Gasteiger partial charge in [-0.2, -0.15) is 4.99 Å². The number of nitrogens with zero attached hydrogens (tertiary/aromatic N) is 2. The van der Waals surface area contributed by atoms with E-state index < -0.39 is 0 Å². The van der Waals surface area contributed by atoms with E-state index in [-0.39, 0.29) is 5.91 Å². The van der Waals surface area contributed by atoms with E-state index in [1.54, 1.807) is 31.4 Å². The molecule has 0 N–H and O–H groups in total. The summed E-state index contributed by atoms with van der Waals surface area (Å²) in [4.78, 5) is 17.8. The molecule has 6 heteroatoms. The summed E-state index contributed by atoms with van der Waals surface area (Å²) in [5.74, 6) is 0.488. The molecule has 0 fully saturated rings. The van der Waals surface area contributed by atoms with Crippen LogP contribution >= 0.6 is 11.3 Å². The maximum absolute atomic E-state index is 12.7. The number of thiazole rings is 1. The number of carbonyl (C=O) groups excluding carboxylic acids is 1. The molecule has 142 valence electrons. The van der Waals surface area contributed by atoms with E-state index in [2.05, 4.69) is 35.5 Å². The number of aromatic nitrogens is 1. The average molecular weight is 385 g/mol. The number of carbonyl (C=O) groups is 1. The standard InChI is InChI=1S/C21H24N2O3S/c1-5-26-17-8-6-16(7-9-17)20(24)22-21-23(10-11-25-4)18-13-14(2)12-15(3)19(18)27-21/h6-9,12-13H,5,10-11H2,1-4H3. The predicted octanol–water partition coefficient (Wildman–Crippen LogP) is 4.11. The van der Waals surface area contributed by atoms with Gasteiger partial charge in [0, 0.05) is 19.2 Å². The Morgan fingerprint density at radius 3 is 2.59 bits per heavy atom. The monoisotopic (exact) mass is 384 g/mol. The lowest BCUT2D eigenvalue weighted by Gasteiger charge is -2.06. The molecule has 0 aliphatic carbocycles. The van der Waals surface area contributed by atoms with Crippen LogP contribution in [-0.4, -0.2) is 30.8 Å². The van der Waals surface area contributed by atoms with Crippen molar-refractivity contribution in [3.63, 3.8) is 0 Å². The summed E-state index contributed by atoms with van der Waals surface area (Å²) in [5, 5.41) is 0. The fraction of sp³-hybridized carbons (Fsp3) is 0.333. The molecule has 2 aromatic carbocycles. The third-order valence-electron chi connectivity index (χ3n) is 4.24. The van der Waals surface area contributed by atoms with E-state index in [1.165, 1.54) is 22.5 Å². The van der Waals surface area contributed by atoms with Crippen LogP contribution in [0.25, 0.3) is 10.2 Å². The zero-order chi connectivity index (χ0) is 19.4. The zero-order valence-corrected chi connectivity index (χ0v) is 16.9. The summed E-state index contributed by atoms with van der Waals surface area (Å²) in [6.45, 7) is 7.89. The van der Waals surface area contributed by atoms with Gasteiger partial charge in [-0.25, -0.2) is 0 Å². The Labute approximate surface area is 162 Å². The fourth-order valence-corrected chi connectivity index (χ4v) is 4.11. The molecule has 27 heavy (non-hydrogen) atoms. The Bertz CT molecular complexity index is 1020. The van der Waals surface area contributed by atoms with Crippen molar-refractivity contribution in [1.29, 1.82) is 0 Å². The van der Waals surface area contributed by atoms with Crippen LogP contribution in [0.15, 0.2) is 41.4 Å². The van der Waals surface area contributed by atoms with Crippen molar-refractivity contribution in [3.05, 3.63) is 57.9 Å². The highest BCUT2D eigenvalue weighted by Gasteiger charge is 2.11. The number of benzene rings is 2. The molecule has 1 heterocycles. The normalized spacial score (nSPS) is 11.9. The van der Waals surface area contributed by atoms with Gasteiger partial charge < -0.3 is 14.0 Å². The summed E-state index contributed by atoms with van der Waals surface area (Å²) in [5.41, 5.74) is 4.01. The van der Waals surface area contributed by atoms with Gasteiger partial charge >= 0.3 is 0 Å². The second kappa shape index (κ2) is 8.50. The quantitative estimate of drug-likeness (QED) is 0.643. The minimum absolute atomic E-state index is 0.259. The van der Waals surface area contributed by atoms with E-state index in [0.29, 0.717) is 30.1 Å². The van der Waals surface area contributed by atoms with Gasteiger partial charge in [-0.3, -0.25) is 4.79 Å². The first-order valence-corrected chi connectivity index (χ1v) is 9.76. The van der Waals surface area contributed by atoms with Crippen molar-refractivity contribution in [2.45, 2.75) is 27.3 Å². The van der Waals surface area contributed by atoms with Gasteiger partial charge in [0.2, 0.25) is 0 Å². The first-order valence-electron chi connectivity index (χ1n) is 8.95. The average Bonchev–Trinajstić information content (AvgIpc) is 2.98. The van der Waals surface area contributed by atoms with Crippen LogP contribution in [0.3, 0.4) is 0 Å². The highest BCUT2D eigenvalue weighted by Crippen LogP contribution is 2.23. The molecular formula is C21H24N2O3S. The number of amides is 1. The Kier molecular flexibility index (Phi) is 6.08. The molecule has 3 rings (SSSR count). The Hall–Kier alpha value is -2.44. The van der Waals surface area contributed by atoms with Gasteiger partial charge in [0.1, 0.15) is 5.75 Å². The van der Waals surface area contributed by atoms with Gasteiger partial charge in [0.15, 0.2) is 4.80 Å². The molecule has 0 radical (unpaired) electrons. The molecule has 5 nitrogen and oxygen atoms in total. The maximum atomic E-state index is 12.7. The van der Waals surface area contributed by atoms with Crippen LogP contribution in [0.5, 0.6) is 5.75 Å². The smallest absolute Gasteiger partial charge is 0.279 e. The topological polar surface area (TPSA) is 52.8 Å². The molecule has 1 amide bonds. The summed E-state index contributed by atoms with van der Waals surface area (Å²) >= 11 is 1.54. The van der Waals surface area contributed by atoms with Crippen molar-refractivity contribution >= 4 is 27.5 Å². The fourth-order valence-electron chi connectivity index (χ4n) is 3.01. The van der Waals surface area contributed by atoms with Crippen molar-refractivity contribution in [3.8, 4) is 5.75 Å². The summed E-state index contributed by atoms with van der Waals surface area (Å²) in [7, 11) is 1.67. The molecule has 0 saturated heterocycles. The van der Waals surface area contributed by atoms with Crippen molar-refractivity contribution in [1.82, 2.24) is 4.57 Å². The number of fused-ring (bicyclic) bond motifs is 1. The summed E-state index contributed by atoms with van der Waals surface area (Å²) < 4.78 is 13.9. The lowest BCUT2D eigenvalue weighted by molar-refractivity contribution is 0.0997. The van der Waals surface area contributed by atoms with Crippen LogP contribution < -0.4 is 9.54 Å². The number of hydrogen-bond acceptors (Lipinski definition) is 4. The second-order valence-electron chi connectivity index (χ2n) is 6.33. The minimum atomic E-state index is -0.259. The number of rotatable bonds is 6. The lowest BCUT2D eigenvalue weighted by atomic mass is 10.1. The van der Waals surface area contributed by atoms with Gasteiger partial charge in [0.25, 0.3) is 5.91 Å². The first kappa shape index (κ1) is 19.3. The molecular weight excluding hydrogens is 360 g/mol. The van der Waals surface area contributed by atoms with E-state index in [0.717, 1.165) is 16.0 Å². The van der Waals surface area contributed by atoms with Crippen molar-refractivity contribution in [2.24, 2.45) is 4.99 Å². The van der Waals surface area contributed by atoms with Crippen molar-refractivity contribution < 1.29 is 14.3 Å². The van der Waals surface area contributed by atoms with Crippen LogP contribution in [-0.2, 0) is 11.3 Å². The lowest BCUT2D eigenvalue weighted by Crippen LogP contribution is -2.19. The van der Waals surface area contributed by atoms with E-state index in [1.807, 2.05) is 6.92 Å². The molecule has 0 saturated carbocycles. The highest BCUT2D eigenvalue weighted by molar-refractivity contribution is 7.16. The minimum Gasteiger partial charge on any atom is -0.494 e. The predicted molar refractivity (Wildman–Crippen MR) is 109 cm³/mol. The zero-order valence-electron chi connectivity index (χ0n) is 16.1. The van der Waals surface area contributed by atoms with Gasteiger partial charge in [0.05, 0.1) is 23.4 Å². The molecule has 0 unspecified atom stereocenters. The van der Waals surface area contributed by atoms with Crippen LogP contribution in [0.1, 0.15) is 28.4 Å². The van der Waals surface area contributed by atoms with E-state index in [9.17, 15) is 4.79 Å². The number of ether oxygens (including phenoxy) is 2. The van der Waals surface area contributed by atoms with Crippen molar-refractivity contribution in [2.75, 3.05) is 20.3 Å². The number of methoxy groups -OCH3 is 1. The largest absolute Gasteiger partial charge is 0.494 e. The molecule has 0 bridgehead atoms. The highest BCUT2D eigenvalue weighted by atomic mass is 32.1. The number of hydrogen-bond donors (Lipinski definition) is 0. The third-order valence-corrected chi connectivity index (χ3v) is 5.47. The van der Waals surface area contributed by atoms with Crippen LogP contribution in [0.2, 0.25) is 0 Å².